The molecule has 0 saturated carbocycles. The molecule has 2 aromatic rings. The highest BCUT2D eigenvalue weighted by Crippen LogP contribution is 2.33. The molecule has 0 aromatic heterocycles. The zero-order chi connectivity index (χ0) is 17.7. The normalized spacial score (nSPS) is 13.0. The summed E-state index contributed by atoms with van der Waals surface area (Å²) in [4.78, 5) is 12.6. The molecule has 0 heterocycles. The second kappa shape index (κ2) is 7.84. The minimum atomic E-state index is -0.375. The fourth-order valence-electron chi connectivity index (χ4n) is 2.49. The molecule has 0 radical (unpaired) electrons. The lowest BCUT2D eigenvalue weighted by Crippen LogP contribution is -2.30. The van der Waals surface area contributed by atoms with Crippen molar-refractivity contribution in [2.24, 2.45) is 11.7 Å². The molecule has 0 aliphatic heterocycles. The third-order valence-electron chi connectivity index (χ3n) is 4.13. The topological polar surface area (TPSA) is 73.6 Å². The largest absolute Gasteiger partial charge is 0.493 e. The Hall–Kier alpha value is -2.53. The van der Waals surface area contributed by atoms with Gasteiger partial charge in [-0.25, -0.2) is 0 Å². The Bertz CT molecular complexity index is 701. The Labute approximate surface area is 142 Å². The highest BCUT2D eigenvalue weighted by molar-refractivity contribution is 5.94. The van der Waals surface area contributed by atoms with Gasteiger partial charge < -0.3 is 20.5 Å². The molecule has 0 bridgehead atoms. The number of nitrogens with two attached hydrogens (primary N) is 1. The summed E-state index contributed by atoms with van der Waals surface area (Å²) in [5.74, 6) is 0.682. The van der Waals surface area contributed by atoms with E-state index in [9.17, 15) is 4.79 Å². The van der Waals surface area contributed by atoms with Crippen LogP contribution in [0.4, 0.5) is 5.69 Å². The van der Waals surface area contributed by atoms with Gasteiger partial charge in [0.25, 0.3) is 0 Å². The van der Waals surface area contributed by atoms with Gasteiger partial charge in [-0.2, -0.15) is 0 Å². The molecule has 5 nitrogen and oxygen atoms in total. The molecule has 5 heteroatoms. The molecule has 2 atom stereocenters. The Balaban J connectivity index is 2.17. The smallest absolute Gasteiger partial charge is 0.229 e. The van der Waals surface area contributed by atoms with E-state index in [1.165, 1.54) is 0 Å². The van der Waals surface area contributed by atoms with E-state index in [2.05, 4.69) is 5.32 Å². The first-order valence-electron chi connectivity index (χ1n) is 7.82. The van der Waals surface area contributed by atoms with Crippen LogP contribution in [0.5, 0.6) is 11.5 Å². The standard InChI is InChI=1S/C19H24N2O3/c1-12-10-16(23-3)17(24-4)11-15(12)21-19(22)13(2)18(20)14-8-6-5-7-9-14/h5-11,13,18H,20H2,1-4H3,(H,21,22). The molecule has 24 heavy (non-hydrogen) atoms. The summed E-state index contributed by atoms with van der Waals surface area (Å²) in [5, 5.41) is 2.93. The predicted octanol–water partition coefficient (Wildman–Crippen LogP) is 3.29. The summed E-state index contributed by atoms with van der Waals surface area (Å²) in [7, 11) is 3.14. The van der Waals surface area contributed by atoms with Crippen LogP contribution < -0.4 is 20.5 Å². The summed E-state index contributed by atoms with van der Waals surface area (Å²) < 4.78 is 10.6. The number of nitrogens with one attached hydrogen (secondary N) is 1. The Morgan fingerprint density at radius 2 is 1.67 bits per heavy atom. The van der Waals surface area contributed by atoms with Gasteiger partial charge in [0.05, 0.1) is 20.1 Å². The van der Waals surface area contributed by atoms with Crippen molar-refractivity contribution in [3.63, 3.8) is 0 Å². The molecule has 2 rings (SSSR count). The zero-order valence-electron chi connectivity index (χ0n) is 14.5. The van der Waals surface area contributed by atoms with Gasteiger partial charge in [0.1, 0.15) is 0 Å². The van der Waals surface area contributed by atoms with E-state index >= 15 is 0 Å². The number of hydrogen-bond donors (Lipinski definition) is 2. The molecule has 1 amide bonds. The maximum Gasteiger partial charge on any atom is 0.229 e. The lowest BCUT2D eigenvalue weighted by molar-refractivity contribution is -0.120. The van der Waals surface area contributed by atoms with Crippen LogP contribution in [0.15, 0.2) is 42.5 Å². The number of carbonyl (C=O) groups is 1. The molecule has 0 saturated heterocycles. The first-order valence-corrected chi connectivity index (χ1v) is 7.82. The lowest BCUT2D eigenvalue weighted by Gasteiger charge is -2.21. The van der Waals surface area contributed by atoms with Gasteiger partial charge in [-0.1, -0.05) is 37.3 Å². The zero-order valence-corrected chi connectivity index (χ0v) is 14.5. The lowest BCUT2D eigenvalue weighted by atomic mass is 9.94. The summed E-state index contributed by atoms with van der Waals surface area (Å²) >= 11 is 0. The molecule has 0 fully saturated rings. The molecule has 128 valence electrons. The van der Waals surface area contributed by atoms with Crippen LogP contribution in [-0.4, -0.2) is 20.1 Å². The second-order valence-electron chi connectivity index (χ2n) is 5.74. The minimum Gasteiger partial charge on any atom is -0.493 e. The maximum absolute atomic E-state index is 12.6. The number of rotatable bonds is 6. The van der Waals surface area contributed by atoms with Crippen LogP contribution in [0.3, 0.4) is 0 Å². The monoisotopic (exact) mass is 328 g/mol. The van der Waals surface area contributed by atoms with Gasteiger partial charge in [-0.15, -0.1) is 0 Å². The van der Waals surface area contributed by atoms with Gasteiger partial charge in [-0.3, -0.25) is 4.79 Å². The number of ether oxygens (including phenoxy) is 2. The number of methoxy groups -OCH3 is 2. The minimum absolute atomic E-state index is 0.137. The van der Waals surface area contributed by atoms with Crippen molar-refractivity contribution in [2.75, 3.05) is 19.5 Å². The summed E-state index contributed by atoms with van der Waals surface area (Å²) in [6, 6.07) is 12.8. The van der Waals surface area contributed by atoms with Gasteiger partial charge in [-0.05, 0) is 24.1 Å². The summed E-state index contributed by atoms with van der Waals surface area (Å²) in [6.07, 6.45) is 0. The third kappa shape index (κ3) is 3.86. The fraction of sp³-hybridized carbons (Fsp3) is 0.316. The second-order valence-corrected chi connectivity index (χ2v) is 5.74. The number of carbonyl (C=O) groups excluding carboxylic acids is 1. The van der Waals surface area contributed by atoms with Crippen molar-refractivity contribution >= 4 is 11.6 Å². The molecule has 2 aromatic carbocycles. The summed E-state index contributed by atoms with van der Waals surface area (Å²) in [5.41, 5.74) is 8.74. The van der Waals surface area contributed by atoms with Gasteiger partial charge >= 0.3 is 0 Å². The quantitative estimate of drug-likeness (QED) is 0.853. The molecule has 0 spiro atoms. The maximum atomic E-state index is 12.6. The average Bonchev–Trinajstić information content (AvgIpc) is 2.62. The van der Waals surface area contributed by atoms with Crippen molar-refractivity contribution < 1.29 is 14.3 Å². The number of hydrogen-bond acceptors (Lipinski definition) is 4. The molecular formula is C19H24N2O3. The molecule has 2 unspecified atom stereocenters. The van der Waals surface area contributed by atoms with Gasteiger partial charge in [0.15, 0.2) is 11.5 Å². The van der Waals surface area contributed by atoms with Crippen molar-refractivity contribution in [3.05, 3.63) is 53.6 Å². The van der Waals surface area contributed by atoms with Crippen LogP contribution in [0.2, 0.25) is 0 Å². The van der Waals surface area contributed by atoms with E-state index in [-0.39, 0.29) is 17.9 Å². The SMILES string of the molecule is COc1cc(C)c(NC(=O)C(C)C(N)c2ccccc2)cc1OC. The van der Waals surface area contributed by atoms with E-state index in [1.54, 1.807) is 20.3 Å². The highest BCUT2D eigenvalue weighted by atomic mass is 16.5. The van der Waals surface area contributed by atoms with Crippen molar-refractivity contribution in [3.8, 4) is 11.5 Å². The van der Waals surface area contributed by atoms with Gasteiger partial charge in [0, 0.05) is 17.8 Å². The van der Waals surface area contributed by atoms with Crippen molar-refractivity contribution in [1.82, 2.24) is 0 Å². The molecular weight excluding hydrogens is 304 g/mol. The van der Waals surface area contributed by atoms with E-state index < -0.39 is 0 Å². The number of amides is 1. The molecule has 3 N–H and O–H groups in total. The van der Waals surface area contributed by atoms with Crippen LogP contribution in [0.25, 0.3) is 0 Å². The average molecular weight is 328 g/mol. The molecule has 0 aliphatic carbocycles. The van der Waals surface area contributed by atoms with Crippen LogP contribution >= 0.6 is 0 Å². The van der Waals surface area contributed by atoms with E-state index in [4.69, 9.17) is 15.2 Å². The van der Waals surface area contributed by atoms with Crippen molar-refractivity contribution in [1.29, 1.82) is 0 Å². The van der Waals surface area contributed by atoms with Crippen LogP contribution in [0, 0.1) is 12.8 Å². The fourth-order valence-corrected chi connectivity index (χ4v) is 2.49. The highest BCUT2D eigenvalue weighted by Gasteiger charge is 2.23. The van der Waals surface area contributed by atoms with Crippen LogP contribution in [-0.2, 0) is 4.79 Å². The van der Waals surface area contributed by atoms with Crippen LogP contribution in [0.1, 0.15) is 24.1 Å². The Kier molecular flexibility index (Phi) is 5.82. The number of aryl methyl sites for hydroxylation is 1. The number of benzene rings is 2. The molecule has 0 aliphatic rings. The first kappa shape index (κ1) is 17.8. The van der Waals surface area contributed by atoms with E-state index in [0.717, 1.165) is 11.1 Å². The number of anilines is 1. The predicted molar refractivity (Wildman–Crippen MR) is 95.4 cm³/mol. The Morgan fingerprint density at radius 1 is 1.08 bits per heavy atom. The van der Waals surface area contributed by atoms with Crippen molar-refractivity contribution in [2.45, 2.75) is 19.9 Å². The Morgan fingerprint density at radius 3 is 2.25 bits per heavy atom. The third-order valence-corrected chi connectivity index (χ3v) is 4.13. The first-order chi connectivity index (χ1) is 11.5. The van der Waals surface area contributed by atoms with E-state index in [1.807, 2.05) is 50.2 Å². The van der Waals surface area contributed by atoms with Gasteiger partial charge in [0.2, 0.25) is 5.91 Å². The summed E-state index contributed by atoms with van der Waals surface area (Å²) in [6.45, 7) is 3.72. The van der Waals surface area contributed by atoms with E-state index in [0.29, 0.717) is 17.2 Å².